The molecule has 3 aliphatic rings. The first-order valence-corrected chi connectivity index (χ1v) is 17.9. The molecule has 2 saturated heterocycles. The van der Waals surface area contributed by atoms with E-state index in [2.05, 4.69) is 37.8 Å². The SMILES string of the molecule is COc1cc2c(cc1OCCC(CC(=O)c1ccc(Oc3cc(OC)c(OC)c(OC)c3)c(I)c1)N1CCNCC1)N=C[C@@H]1CCCN1C2=O. The van der Waals surface area contributed by atoms with Gasteiger partial charge in [0.25, 0.3) is 5.91 Å². The highest BCUT2D eigenvalue weighted by atomic mass is 127. The van der Waals surface area contributed by atoms with Crippen molar-refractivity contribution in [3.05, 3.63) is 57.2 Å². The largest absolute Gasteiger partial charge is 0.493 e. The molecule has 6 rings (SSSR count). The van der Waals surface area contributed by atoms with Crippen molar-refractivity contribution in [1.29, 1.82) is 0 Å². The number of benzene rings is 3. The molecule has 0 aliphatic carbocycles. The van der Waals surface area contributed by atoms with Crippen LogP contribution >= 0.6 is 22.6 Å². The molecule has 3 aliphatic heterocycles. The molecule has 0 spiro atoms. The molecular formula is C37H43IN4O8. The van der Waals surface area contributed by atoms with Crippen LogP contribution in [0.25, 0.3) is 0 Å². The van der Waals surface area contributed by atoms with Crippen LogP contribution in [-0.2, 0) is 0 Å². The van der Waals surface area contributed by atoms with Crippen LogP contribution in [0.1, 0.15) is 46.4 Å². The molecule has 3 aromatic rings. The number of carbonyl (C=O) groups is 2. The normalized spacial score (nSPS) is 17.7. The van der Waals surface area contributed by atoms with Crippen LogP contribution in [0.2, 0.25) is 0 Å². The molecule has 13 heteroatoms. The Morgan fingerprint density at radius 1 is 0.920 bits per heavy atom. The first-order chi connectivity index (χ1) is 24.3. The van der Waals surface area contributed by atoms with Gasteiger partial charge in [0.05, 0.1) is 55.9 Å². The molecule has 0 aromatic heterocycles. The molecule has 0 radical (unpaired) electrons. The second kappa shape index (κ2) is 16.3. The van der Waals surface area contributed by atoms with Crippen molar-refractivity contribution >= 4 is 46.2 Å². The fraction of sp³-hybridized carbons (Fsp3) is 0.432. The fourth-order valence-corrected chi connectivity index (χ4v) is 7.34. The molecule has 0 bridgehead atoms. The van der Waals surface area contributed by atoms with Crippen molar-refractivity contribution in [2.24, 2.45) is 4.99 Å². The van der Waals surface area contributed by atoms with Gasteiger partial charge in [-0.3, -0.25) is 19.5 Å². The van der Waals surface area contributed by atoms with Crippen molar-refractivity contribution < 1.29 is 38.0 Å². The van der Waals surface area contributed by atoms with Crippen LogP contribution in [0.4, 0.5) is 5.69 Å². The van der Waals surface area contributed by atoms with Gasteiger partial charge in [-0.25, -0.2) is 0 Å². The Balaban J connectivity index is 1.14. The lowest BCUT2D eigenvalue weighted by molar-refractivity contribution is 0.0774. The van der Waals surface area contributed by atoms with E-state index in [1.807, 2.05) is 23.2 Å². The van der Waals surface area contributed by atoms with Gasteiger partial charge in [-0.15, -0.1) is 0 Å². The number of fused-ring (bicyclic) bond motifs is 2. The van der Waals surface area contributed by atoms with Gasteiger partial charge in [0, 0.05) is 75.2 Å². The number of carbonyl (C=O) groups excluding carboxylic acids is 2. The van der Waals surface area contributed by atoms with Crippen molar-refractivity contribution in [3.8, 4) is 40.2 Å². The summed E-state index contributed by atoms with van der Waals surface area (Å²) in [4.78, 5) is 35.9. The smallest absolute Gasteiger partial charge is 0.256 e. The highest BCUT2D eigenvalue weighted by molar-refractivity contribution is 14.1. The van der Waals surface area contributed by atoms with E-state index >= 15 is 0 Å². The van der Waals surface area contributed by atoms with E-state index in [0.717, 1.165) is 49.1 Å². The van der Waals surface area contributed by atoms with Gasteiger partial charge in [0.1, 0.15) is 11.5 Å². The summed E-state index contributed by atoms with van der Waals surface area (Å²) in [6.45, 7) is 4.50. The number of hydrogen-bond acceptors (Lipinski definition) is 11. The first-order valence-electron chi connectivity index (χ1n) is 16.8. The highest BCUT2D eigenvalue weighted by Crippen LogP contribution is 2.43. The Kier molecular flexibility index (Phi) is 11.6. The Morgan fingerprint density at radius 3 is 2.34 bits per heavy atom. The maximum atomic E-state index is 13.8. The number of aliphatic imine (C=N–C) groups is 1. The molecular weight excluding hydrogens is 755 g/mol. The number of nitrogens with one attached hydrogen (secondary N) is 1. The molecule has 1 amide bonds. The predicted molar refractivity (Wildman–Crippen MR) is 198 cm³/mol. The number of methoxy groups -OCH3 is 4. The molecule has 1 unspecified atom stereocenters. The first kappa shape index (κ1) is 35.7. The maximum Gasteiger partial charge on any atom is 0.256 e. The summed E-state index contributed by atoms with van der Waals surface area (Å²) in [5, 5.41) is 3.40. The van der Waals surface area contributed by atoms with Gasteiger partial charge in [0.15, 0.2) is 28.8 Å². The van der Waals surface area contributed by atoms with Crippen LogP contribution in [-0.4, -0.2) is 108 Å². The van der Waals surface area contributed by atoms with E-state index in [1.54, 1.807) is 58.8 Å². The van der Waals surface area contributed by atoms with Crippen molar-refractivity contribution in [3.63, 3.8) is 0 Å². The minimum Gasteiger partial charge on any atom is -0.493 e. The number of hydrogen-bond donors (Lipinski definition) is 1. The number of piperazine rings is 1. The van der Waals surface area contributed by atoms with E-state index in [-0.39, 0.29) is 23.8 Å². The topological polar surface area (TPSA) is 120 Å². The number of ketones is 1. The maximum absolute atomic E-state index is 13.8. The fourth-order valence-electron chi connectivity index (χ4n) is 6.72. The van der Waals surface area contributed by atoms with Gasteiger partial charge in [-0.05, 0) is 66.1 Å². The van der Waals surface area contributed by atoms with Gasteiger partial charge < -0.3 is 38.6 Å². The van der Waals surface area contributed by atoms with E-state index in [0.29, 0.717) is 76.5 Å². The number of ether oxygens (including phenoxy) is 6. The average molecular weight is 799 g/mol. The lowest BCUT2D eigenvalue weighted by atomic mass is 9.99. The molecule has 2 atom stereocenters. The second-order valence-corrected chi connectivity index (χ2v) is 13.5. The van der Waals surface area contributed by atoms with E-state index in [4.69, 9.17) is 28.4 Å². The lowest BCUT2D eigenvalue weighted by Gasteiger charge is -2.34. The summed E-state index contributed by atoms with van der Waals surface area (Å²) >= 11 is 2.19. The summed E-state index contributed by atoms with van der Waals surface area (Å²) in [5.74, 6) is 3.59. The van der Waals surface area contributed by atoms with Gasteiger partial charge >= 0.3 is 0 Å². The monoisotopic (exact) mass is 798 g/mol. The van der Waals surface area contributed by atoms with Crippen LogP contribution in [0.5, 0.6) is 40.2 Å². The molecule has 50 heavy (non-hydrogen) atoms. The molecule has 3 heterocycles. The zero-order valence-corrected chi connectivity index (χ0v) is 31.0. The molecule has 3 aromatic carbocycles. The third kappa shape index (κ3) is 7.79. The number of nitrogens with zero attached hydrogens (tertiary/aromatic N) is 3. The molecule has 2 fully saturated rings. The van der Waals surface area contributed by atoms with E-state index in [1.165, 1.54) is 0 Å². The summed E-state index contributed by atoms with van der Waals surface area (Å²) in [6, 6.07) is 12.4. The zero-order valence-electron chi connectivity index (χ0n) is 28.8. The third-order valence-corrected chi connectivity index (χ3v) is 10.2. The predicted octanol–water partition coefficient (Wildman–Crippen LogP) is 5.75. The van der Waals surface area contributed by atoms with Crippen molar-refractivity contribution in [2.45, 2.75) is 37.8 Å². The van der Waals surface area contributed by atoms with Gasteiger partial charge in [-0.1, -0.05) is 0 Å². The minimum absolute atomic E-state index is 0.0243. The lowest BCUT2D eigenvalue weighted by Crippen LogP contribution is -2.49. The van der Waals surface area contributed by atoms with Crippen molar-refractivity contribution in [2.75, 3.05) is 67.8 Å². The van der Waals surface area contributed by atoms with Crippen molar-refractivity contribution in [1.82, 2.24) is 15.1 Å². The molecule has 1 N–H and O–H groups in total. The van der Waals surface area contributed by atoms with E-state index in [9.17, 15) is 9.59 Å². The third-order valence-electron chi connectivity index (χ3n) is 9.38. The van der Waals surface area contributed by atoms with Crippen LogP contribution in [0.15, 0.2) is 47.5 Å². The van der Waals surface area contributed by atoms with Gasteiger partial charge in [-0.2, -0.15) is 0 Å². The number of Topliss-reactive ketones (excluding diaryl/α,β-unsaturated/α-hetero) is 1. The molecule has 12 nitrogen and oxygen atoms in total. The number of amides is 1. The summed E-state index contributed by atoms with van der Waals surface area (Å²) in [6.07, 6.45) is 4.73. The number of halogens is 1. The van der Waals surface area contributed by atoms with Crippen LogP contribution in [0, 0.1) is 3.57 Å². The number of rotatable bonds is 14. The average Bonchev–Trinajstić information content (AvgIpc) is 3.58. The zero-order chi connectivity index (χ0) is 35.2. The Hall–Kier alpha value is -4.08. The molecule has 266 valence electrons. The summed E-state index contributed by atoms with van der Waals surface area (Å²) < 4.78 is 35.3. The standard InChI is InChI=1S/C37H43IN4O8/c1-45-32-20-27-29(40-22-25-6-5-12-42(25)37(27)44)21-33(32)49-15-9-24(41-13-10-39-11-14-41)17-30(43)23-7-8-31(28(38)16-23)50-26-18-34(46-2)36(48-4)35(19-26)47-3/h7-8,16,18-22,24-25,39H,5-6,9-15,17H2,1-4H3/t24?,25-/m0/s1. The highest BCUT2D eigenvalue weighted by Gasteiger charge is 2.33. The van der Waals surface area contributed by atoms with Gasteiger partial charge in [0.2, 0.25) is 5.75 Å². The quantitative estimate of drug-likeness (QED) is 0.160. The van der Waals surface area contributed by atoms with Crippen LogP contribution in [0.3, 0.4) is 0 Å². The Labute approximate surface area is 306 Å². The Bertz CT molecular complexity index is 1720. The summed E-state index contributed by atoms with van der Waals surface area (Å²) in [7, 11) is 6.23. The Morgan fingerprint density at radius 2 is 1.66 bits per heavy atom. The van der Waals surface area contributed by atoms with Crippen LogP contribution < -0.4 is 33.7 Å². The minimum atomic E-state index is -0.0315. The summed E-state index contributed by atoms with van der Waals surface area (Å²) in [5.41, 5.74) is 1.72. The second-order valence-electron chi connectivity index (χ2n) is 12.3. The molecule has 0 saturated carbocycles. The van der Waals surface area contributed by atoms with E-state index < -0.39 is 0 Å².